The molecule has 24 heavy (non-hydrogen) atoms. The Morgan fingerprint density at radius 1 is 1.29 bits per heavy atom. The van der Waals surface area contributed by atoms with E-state index in [0.717, 1.165) is 19.5 Å². The summed E-state index contributed by atoms with van der Waals surface area (Å²) in [6.45, 7) is 2.89. The second-order valence-electron chi connectivity index (χ2n) is 5.36. The van der Waals surface area contributed by atoms with Gasteiger partial charge >= 0.3 is 0 Å². The molecule has 2 aromatic rings. The smallest absolute Gasteiger partial charge is 0.263 e. The highest BCUT2D eigenvalue weighted by Crippen LogP contribution is 2.21. The summed E-state index contributed by atoms with van der Waals surface area (Å²) in [5.74, 6) is 1.16. The Balaban J connectivity index is 0.00000144. The molecule has 9 heteroatoms. The molecular formula is C15H21Cl2N5OS. The van der Waals surface area contributed by atoms with Crippen molar-refractivity contribution in [2.75, 3.05) is 19.6 Å². The molecule has 2 aromatic heterocycles. The van der Waals surface area contributed by atoms with E-state index in [1.807, 2.05) is 0 Å². The molecule has 1 amide bonds. The van der Waals surface area contributed by atoms with Crippen LogP contribution in [0.1, 0.15) is 28.9 Å². The van der Waals surface area contributed by atoms with Gasteiger partial charge < -0.3 is 10.6 Å². The van der Waals surface area contributed by atoms with Crippen molar-refractivity contribution < 1.29 is 4.79 Å². The van der Waals surface area contributed by atoms with Gasteiger partial charge in [0.15, 0.2) is 10.8 Å². The first-order valence-electron chi connectivity index (χ1n) is 7.55. The maximum Gasteiger partial charge on any atom is 0.263 e. The van der Waals surface area contributed by atoms with E-state index < -0.39 is 0 Å². The quantitative estimate of drug-likeness (QED) is 0.820. The van der Waals surface area contributed by atoms with Crippen molar-refractivity contribution in [3.63, 3.8) is 0 Å². The van der Waals surface area contributed by atoms with E-state index in [0.29, 0.717) is 28.2 Å². The summed E-state index contributed by atoms with van der Waals surface area (Å²) in [6, 6.07) is 1.75. The fourth-order valence-corrected chi connectivity index (χ4v) is 3.32. The number of carbonyl (C=O) groups is 1. The molecule has 0 saturated carbocycles. The molecular weight excluding hydrogens is 369 g/mol. The molecule has 1 aliphatic rings. The van der Waals surface area contributed by atoms with E-state index >= 15 is 0 Å². The number of hydrogen-bond acceptors (Lipinski definition) is 6. The SMILES string of the molecule is Cl.Cl.O=C(NCCC1CCCNC1)c1cnc(-c2ncccn2)s1. The van der Waals surface area contributed by atoms with Crippen LogP contribution in [0.2, 0.25) is 0 Å². The van der Waals surface area contributed by atoms with E-state index in [9.17, 15) is 4.79 Å². The molecule has 0 aromatic carbocycles. The first-order chi connectivity index (χ1) is 10.8. The fourth-order valence-electron chi connectivity index (χ4n) is 2.54. The minimum atomic E-state index is -0.0663. The number of halogens is 2. The number of nitrogens with zero attached hydrogens (tertiary/aromatic N) is 3. The van der Waals surface area contributed by atoms with Gasteiger partial charge in [-0.3, -0.25) is 4.79 Å². The Bertz CT molecular complexity index is 619. The van der Waals surface area contributed by atoms with Gasteiger partial charge in [0, 0.05) is 18.9 Å². The normalized spacial score (nSPS) is 16.6. The summed E-state index contributed by atoms with van der Waals surface area (Å²) in [7, 11) is 0. The summed E-state index contributed by atoms with van der Waals surface area (Å²) in [5, 5.41) is 7.03. The molecule has 3 rings (SSSR count). The molecule has 1 atom stereocenters. The van der Waals surface area contributed by atoms with E-state index in [1.165, 1.54) is 24.2 Å². The van der Waals surface area contributed by atoms with Gasteiger partial charge in [0.25, 0.3) is 5.91 Å². The van der Waals surface area contributed by atoms with Crippen LogP contribution in [0, 0.1) is 5.92 Å². The van der Waals surface area contributed by atoms with E-state index in [4.69, 9.17) is 0 Å². The van der Waals surface area contributed by atoms with Gasteiger partial charge in [0.2, 0.25) is 0 Å². The summed E-state index contributed by atoms with van der Waals surface area (Å²) in [4.78, 5) is 25.2. The monoisotopic (exact) mass is 389 g/mol. The number of carbonyl (C=O) groups excluding carboxylic acids is 1. The van der Waals surface area contributed by atoms with Crippen molar-refractivity contribution in [3.05, 3.63) is 29.5 Å². The van der Waals surface area contributed by atoms with Crippen LogP contribution in [0.3, 0.4) is 0 Å². The summed E-state index contributed by atoms with van der Waals surface area (Å²) in [6.07, 6.45) is 8.43. The second kappa shape index (κ2) is 10.6. The number of thiazole rings is 1. The van der Waals surface area contributed by atoms with Crippen LogP contribution in [0.25, 0.3) is 10.8 Å². The predicted octanol–water partition coefficient (Wildman–Crippen LogP) is 2.56. The summed E-state index contributed by atoms with van der Waals surface area (Å²) in [5.41, 5.74) is 0. The van der Waals surface area contributed by atoms with Crippen molar-refractivity contribution in [1.29, 1.82) is 0 Å². The molecule has 2 N–H and O–H groups in total. The highest BCUT2D eigenvalue weighted by atomic mass is 35.5. The Kier molecular flexibility index (Phi) is 9.13. The van der Waals surface area contributed by atoms with Gasteiger partial charge in [-0.1, -0.05) is 0 Å². The van der Waals surface area contributed by atoms with Crippen molar-refractivity contribution >= 4 is 42.1 Å². The van der Waals surface area contributed by atoms with Gasteiger partial charge in [-0.15, -0.1) is 36.2 Å². The molecule has 0 bridgehead atoms. The summed E-state index contributed by atoms with van der Waals surface area (Å²) >= 11 is 1.32. The molecule has 6 nitrogen and oxygen atoms in total. The van der Waals surface area contributed by atoms with Gasteiger partial charge in [0.1, 0.15) is 4.88 Å². The van der Waals surface area contributed by atoms with E-state index in [1.54, 1.807) is 24.7 Å². The maximum absolute atomic E-state index is 12.1. The number of amides is 1. The Morgan fingerprint density at radius 2 is 2.08 bits per heavy atom. The molecule has 3 heterocycles. The maximum atomic E-state index is 12.1. The second-order valence-corrected chi connectivity index (χ2v) is 6.39. The third kappa shape index (κ3) is 5.66. The summed E-state index contributed by atoms with van der Waals surface area (Å²) < 4.78 is 0. The van der Waals surface area contributed by atoms with Gasteiger partial charge in [0.05, 0.1) is 6.20 Å². The highest BCUT2D eigenvalue weighted by Gasteiger charge is 2.15. The van der Waals surface area contributed by atoms with Gasteiger partial charge in [-0.2, -0.15) is 0 Å². The van der Waals surface area contributed by atoms with Crippen LogP contribution in [0.4, 0.5) is 0 Å². The lowest BCUT2D eigenvalue weighted by Gasteiger charge is -2.22. The third-order valence-corrected chi connectivity index (χ3v) is 4.72. The Morgan fingerprint density at radius 3 is 2.79 bits per heavy atom. The van der Waals surface area contributed by atoms with Crippen molar-refractivity contribution in [1.82, 2.24) is 25.6 Å². The molecule has 1 aliphatic heterocycles. The van der Waals surface area contributed by atoms with Crippen LogP contribution in [0.15, 0.2) is 24.7 Å². The van der Waals surface area contributed by atoms with Gasteiger partial charge in [-0.05, 0) is 44.3 Å². The third-order valence-electron chi connectivity index (χ3n) is 3.72. The molecule has 0 aliphatic carbocycles. The lowest BCUT2D eigenvalue weighted by Crippen LogP contribution is -2.33. The number of aromatic nitrogens is 3. The zero-order chi connectivity index (χ0) is 15.2. The minimum absolute atomic E-state index is 0. The van der Waals surface area contributed by atoms with Crippen molar-refractivity contribution in [2.24, 2.45) is 5.92 Å². The number of nitrogens with one attached hydrogen (secondary N) is 2. The first kappa shape index (κ1) is 20.8. The van der Waals surface area contributed by atoms with E-state index in [-0.39, 0.29) is 30.7 Å². The average molecular weight is 390 g/mol. The zero-order valence-corrected chi connectivity index (χ0v) is 15.6. The van der Waals surface area contributed by atoms with Crippen molar-refractivity contribution in [2.45, 2.75) is 19.3 Å². The lowest BCUT2D eigenvalue weighted by molar-refractivity contribution is 0.0954. The molecule has 132 valence electrons. The van der Waals surface area contributed by atoms with Crippen LogP contribution >= 0.6 is 36.2 Å². The average Bonchev–Trinajstić information content (AvgIpc) is 3.07. The molecule has 1 fully saturated rings. The molecule has 0 radical (unpaired) electrons. The molecule has 1 unspecified atom stereocenters. The van der Waals surface area contributed by atoms with Crippen LogP contribution < -0.4 is 10.6 Å². The first-order valence-corrected chi connectivity index (χ1v) is 8.37. The zero-order valence-electron chi connectivity index (χ0n) is 13.1. The van der Waals surface area contributed by atoms with Gasteiger partial charge in [-0.25, -0.2) is 15.0 Å². The largest absolute Gasteiger partial charge is 0.351 e. The highest BCUT2D eigenvalue weighted by molar-refractivity contribution is 7.16. The van der Waals surface area contributed by atoms with Crippen LogP contribution in [-0.4, -0.2) is 40.5 Å². The number of piperidine rings is 1. The minimum Gasteiger partial charge on any atom is -0.351 e. The van der Waals surface area contributed by atoms with E-state index in [2.05, 4.69) is 25.6 Å². The Labute approximate surface area is 157 Å². The number of rotatable bonds is 5. The van der Waals surface area contributed by atoms with Crippen LogP contribution in [0.5, 0.6) is 0 Å². The van der Waals surface area contributed by atoms with Crippen molar-refractivity contribution in [3.8, 4) is 10.8 Å². The molecule has 0 spiro atoms. The molecule has 1 saturated heterocycles. The number of hydrogen-bond donors (Lipinski definition) is 2. The lowest BCUT2D eigenvalue weighted by atomic mass is 9.96. The topological polar surface area (TPSA) is 79.8 Å². The Hall–Kier alpha value is -1.28. The fraction of sp³-hybridized carbons (Fsp3) is 0.467. The predicted molar refractivity (Wildman–Crippen MR) is 100 cm³/mol. The van der Waals surface area contributed by atoms with Crippen LogP contribution in [-0.2, 0) is 0 Å². The standard InChI is InChI=1S/C15H19N5OS.2ClH/c21-14(19-8-4-11-3-1-5-16-9-11)12-10-20-15(22-12)13-17-6-2-7-18-13;;/h2,6-7,10-11,16H,1,3-5,8-9H2,(H,19,21);2*1H.